The quantitative estimate of drug-likeness (QED) is 0.621. The van der Waals surface area contributed by atoms with Gasteiger partial charge in [-0.25, -0.2) is 4.79 Å². The molecule has 120 valence electrons. The smallest absolute Gasteiger partial charge is 0.321 e. The van der Waals surface area contributed by atoms with E-state index in [1.165, 1.54) is 17.8 Å². The van der Waals surface area contributed by atoms with E-state index in [0.717, 1.165) is 11.5 Å². The monoisotopic (exact) mass is 331 g/mol. The number of aryl methyl sites for hydroxylation is 1. The predicted molar refractivity (Wildman–Crippen MR) is 88.6 cm³/mol. The fraction of sp³-hybridized carbons (Fsp3) is 0.200. The van der Waals surface area contributed by atoms with Crippen molar-refractivity contribution in [2.45, 2.75) is 12.1 Å². The predicted octanol–water partition coefficient (Wildman–Crippen LogP) is 1.68. The molecule has 1 aromatic carbocycles. The van der Waals surface area contributed by atoms with Crippen LogP contribution in [-0.2, 0) is 4.79 Å². The Morgan fingerprint density at radius 3 is 2.74 bits per heavy atom. The molecule has 0 radical (unpaired) electrons. The van der Waals surface area contributed by atoms with Crippen LogP contribution >= 0.6 is 11.8 Å². The molecule has 0 aliphatic rings. The zero-order valence-corrected chi connectivity index (χ0v) is 13.5. The van der Waals surface area contributed by atoms with Crippen LogP contribution in [0.2, 0.25) is 0 Å². The Labute approximate surface area is 138 Å². The standard InChI is InChI=1S/C15H17N5O2S/c1-3-9-16-14(22)17-13(21)10-23-15-19-18-11(2)20(15)12-7-5-4-6-8-12/h3-8H,1,9-10H2,2H3,(H2,16,17,21,22). The summed E-state index contributed by atoms with van der Waals surface area (Å²) in [6, 6.07) is 9.08. The Hall–Kier alpha value is -2.61. The second-order valence-corrected chi connectivity index (χ2v) is 5.48. The summed E-state index contributed by atoms with van der Waals surface area (Å²) >= 11 is 1.21. The Kier molecular flexibility index (Phi) is 5.93. The number of thioether (sulfide) groups is 1. The van der Waals surface area contributed by atoms with Gasteiger partial charge in [-0.1, -0.05) is 36.0 Å². The van der Waals surface area contributed by atoms with Crippen molar-refractivity contribution in [3.8, 4) is 5.69 Å². The number of urea groups is 1. The van der Waals surface area contributed by atoms with Crippen LogP contribution in [0.5, 0.6) is 0 Å². The molecule has 2 rings (SSSR count). The summed E-state index contributed by atoms with van der Waals surface area (Å²) in [5.41, 5.74) is 0.918. The molecule has 2 aromatic rings. The lowest BCUT2D eigenvalue weighted by Crippen LogP contribution is -2.40. The lowest BCUT2D eigenvalue weighted by molar-refractivity contribution is -0.117. The van der Waals surface area contributed by atoms with E-state index in [9.17, 15) is 9.59 Å². The molecule has 1 heterocycles. The summed E-state index contributed by atoms with van der Waals surface area (Å²) in [5, 5.41) is 13.4. The maximum atomic E-state index is 11.8. The van der Waals surface area contributed by atoms with E-state index in [4.69, 9.17) is 0 Å². The highest BCUT2D eigenvalue weighted by molar-refractivity contribution is 7.99. The number of carbonyl (C=O) groups excluding carboxylic acids is 2. The van der Waals surface area contributed by atoms with Crippen molar-refractivity contribution in [1.82, 2.24) is 25.4 Å². The third-order valence-electron chi connectivity index (χ3n) is 2.80. The number of nitrogens with zero attached hydrogens (tertiary/aromatic N) is 3. The number of benzene rings is 1. The first kappa shape index (κ1) is 16.8. The van der Waals surface area contributed by atoms with Crippen LogP contribution in [0.25, 0.3) is 5.69 Å². The van der Waals surface area contributed by atoms with Gasteiger partial charge in [0.1, 0.15) is 5.82 Å². The summed E-state index contributed by atoms with van der Waals surface area (Å²) < 4.78 is 1.86. The number of rotatable bonds is 6. The molecule has 0 bridgehead atoms. The molecule has 0 atom stereocenters. The van der Waals surface area contributed by atoms with Gasteiger partial charge >= 0.3 is 6.03 Å². The van der Waals surface area contributed by atoms with E-state index >= 15 is 0 Å². The van der Waals surface area contributed by atoms with Gasteiger partial charge in [0.05, 0.1) is 5.75 Å². The number of imide groups is 1. The number of aromatic nitrogens is 3. The fourth-order valence-corrected chi connectivity index (χ4v) is 2.61. The summed E-state index contributed by atoms with van der Waals surface area (Å²) in [6.07, 6.45) is 1.53. The van der Waals surface area contributed by atoms with Gasteiger partial charge in [-0.2, -0.15) is 0 Å². The first-order valence-electron chi connectivity index (χ1n) is 6.90. The molecule has 0 unspecified atom stereocenters. The van der Waals surface area contributed by atoms with Crippen molar-refractivity contribution in [2.24, 2.45) is 0 Å². The maximum Gasteiger partial charge on any atom is 0.321 e. The van der Waals surface area contributed by atoms with Crippen molar-refractivity contribution in [2.75, 3.05) is 12.3 Å². The van der Waals surface area contributed by atoms with Gasteiger partial charge in [0.15, 0.2) is 5.16 Å². The molecule has 2 N–H and O–H groups in total. The van der Waals surface area contributed by atoms with Gasteiger partial charge in [-0.15, -0.1) is 16.8 Å². The molecule has 0 spiro atoms. The van der Waals surface area contributed by atoms with Gasteiger partial charge in [0.2, 0.25) is 5.91 Å². The minimum Gasteiger partial charge on any atom is -0.334 e. The number of nitrogens with one attached hydrogen (secondary N) is 2. The molecule has 3 amide bonds. The van der Waals surface area contributed by atoms with Gasteiger partial charge in [0.25, 0.3) is 0 Å². The second kappa shape index (κ2) is 8.14. The van der Waals surface area contributed by atoms with E-state index in [2.05, 4.69) is 27.4 Å². The largest absolute Gasteiger partial charge is 0.334 e. The molecule has 0 saturated heterocycles. The van der Waals surface area contributed by atoms with Crippen LogP contribution in [0.15, 0.2) is 48.1 Å². The third kappa shape index (κ3) is 4.68. The van der Waals surface area contributed by atoms with E-state index in [0.29, 0.717) is 11.7 Å². The van der Waals surface area contributed by atoms with Crippen LogP contribution in [0.4, 0.5) is 4.79 Å². The van der Waals surface area contributed by atoms with Crippen LogP contribution < -0.4 is 10.6 Å². The van der Waals surface area contributed by atoms with Gasteiger partial charge < -0.3 is 5.32 Å². The van der Waals surface area contributed by atoms with Gasteiger partial charge in [0, 0.05) is 12.2 Å². The summed E-state index contributed by atoms with van der Waals surface area (Å²) in [5.74, 6) is 0.381. The van der Waals surface area contributed by atoms with Crippen LogP contribution in [0, 0.1) is 6.92 Å². The molecule has 7 nitrogen and oxygen atoms in total. The lowest BCUT2D eigenvalue weighted by atomic mass is 10.3. The highest BCUT2D eigenvalue weighted by atomic mass is 32.2. The number of hydrogen-bond acceptors (Lipinski definition) is 5. The van der Waals surface area contributed by atoms with E-state index in [-0.39, 0.29) is 5.75 Å². The van der Waals surface area contributed by atoms with Crippen LogP contribution in [-0.4, -0.2) is 39.0 Å². The third-order valence-corrected chi connectivity index (χ3v) is 3.73. The molecular weight excluding hydrogens is 314 g/mol. The number of amides is 3. The average Bonchev–Trinajstić information content (AvgIpc) is 2.92. The minimum atomic E-state index is -0.545. The summed E-state index contributed by atoms with van der Waals surface area (Å²) in [7, 11) is 0. The summed E-state index contributed by atoms with van der Waals surface area (Å²) in [4.78, 5) is 23.2. The highest BCUT2D eigenvalue weighted by Gasteiger charge is 2.14. The SMILES string of the molecule is C=CCNC(=O)NC(=O)CSc1nnc(C)n1-c1ccccc1. The van der Waals surface area contributed by atoms with E-state index in [1.54, 1.807) is 0 Å². The number of carbonyl (C=O) groups is 2. The van der Waals surface area contributed by atoms with E-state index in [1.807, 2.05) is 41.8 Å². The zero-order valence-electron chi connectivity index (χ0n) is 12.7. The first-order valence-corrected chi connectivity index (χ1v) is 7.89. The highest BCUT2D eigenvalue weighted by Crippen LogP contribution is 2.21. The molecule has 1 aromatic heterocycles. The Balaban J connectivity index is 1.98. The first-order chi connectivity index (χ1) is 11.1. The minimum absolute atomic E-state index is 0.0620. The second-order valence-electron chi connectivity index (χ2n) is 4.54. The van der Waals surface area contributed by atoms with Gasteiger partial charge in [-0.3, -0.25) is 14.7 Å². The van der Waals surface area contributed by atoms with Crippen molar-refractivity contribution < 1.29 is 9.59 Å². The average molecular weight is 331 g/mol. The number of para-hydroxylation sites is 1. The Bertz CT molecular complexity index is 699. The molecule has 23 heavy (non-hydrogen) atoms. The van der Waals surface area contributed by atoms with Crippen molar-refractivity contribution in [3.63, 3.8) is 0 Å². The van der Waals surface area contributed by atoms with E-state index < -0.39 is 11.9 Å². The molecule has 0 aliphatic carbocycles. The Morgan fingerprint density at radius 1 is 1.30 bits per heavy atom. The van der Waals surface area contributed by atoms with Gasteiger partial charge in [-0.05, 0) is 19.1 Å². The fourth-order valence-electron chi connectivity index (χ4n) is 1.81. The van der Waals surface area contributed by atoms with Crippen LogP contribution in [0.3, 0.4) is 0 Å². The molecule has 0 fully saturated rings. The summed E-state index contributed by atoms with van der Waals surface area (Å²) in [6.45, 7) is 5.62. The van der Waals surface area contributed by atoms with Crippen molar-refractivity contribution >= 4 is 23.7 Å². The van der Waals surface area contributed by atoms with Crippen molar-refractivity contribution in [1.29, 1.82) is 0 Å². The Morgan fingerprint density at radius 2 is 2.04 bits per heavy atom. The topological polar surface area (TPSA) is 88.9 Å². The van der Waals surface area contributed by atoms with Crippen LogP contribution in [0.1, 0.15) is 5.82 Å². The molecular formula is C15H17N5O2S. The lowest BCUT2D eigenvalue weighted by Gasteiger charge is -2.08. The van der Waals surface area contributed by atoms with Crippen molar-refractivity contribution in [3.05, 3.63) is 48.8 Å². The maximum absolute atomic E-state index is 11.8. The number of hydrogen-bond donors (Lipinski definition) is 2. The molecule has 0 saturated carbocycles. The zero-order chi connectivity index (χ0) is 16.7. The molecule has 0 aliphatic heterocycles. The molecule has 8 heteroatoms. The normalized spacial score (nSPS) is 10.1.